The fourth-order valence-electron chi connectivity index (χ4n) is 4.06. The number of aryl methyl sites for hydroxylation is 2. The number of ether oxygens (including phenoxy) is 2. The van der Waals surface area contributed by atoms with Gasteiger partial charge in [0.1, 0.15) is 6.61 Å². The minimum atomic E-state index is -0.627. The predicted molar refractivity (Wildman–Crippen MR) is 119 cm³/mol. The molecule has 0 aliphatic carbocycles. The van der Waals surface area contributed by atoms with Crippen LogP contribution in [0.1, 0.15) is 18.1 Å². The molecular formula is C24H29N3O4. The molecule has 0 spiro atoms. The van der Waals surface area contributed by atoms with Crippen LogP contribution in [0, 0.1) is 6.92 Å². The molecule has 0 unspecified atom stereocenters. The van der Waals surface area contributed by atoms with E-state index in [1.165, 1.54) is 0 Å². The van der Waals surface area contributed by atoms with Crippen LogP contribution in [0.3, 0.4) is 0 Å². The molecule has 0 bridgehead atoms. The number of para-hydroxylation sites is 3. The number of amides is 2. The topological polar surface area (TPSA) is 71.1 Å². The Bertz CT molecular complexity index is 954. The molecule has 2 aliphatic rings. The van der Waals surface area contributed by atoms with Crippen molar-refractivity contribution >= 4 is 17.5 Å². The van der Waals surface area contributed by atoms with Gasteiger partial charge in [0, 0.05) is 31.9 Å². The summed E-state index contributed by atoms with van der Waals surface area (Å²) in [5, 5.41) is 3.07. The van der Waals surface area contributed by atoms with Gasteiger partial charge in [0.15, 0.2) is 11.5 Å². The normalized spacial score (nSPS) is 18.5. The fraction of sp³-hybridized carbons (Fsp3) is 0.417. The van der Waals surface area contributed by atoms with E-state index < -0.39 is 6.10 Å². The number of benzene rings is 2. The summed E-state index contributed by atoms with van der Waals surface area (Å²) in [6.07, 6.45) is 0.244. The number of fused-ring (bicyclic) bond motifs is 1. The first kappa shape index (κ1) is 21.2. The summed E-state index contributed by atoms with van der Waals surface area (Å²) in [7, 11) is 0. The Hall–Kier alpha value is -3.06. The summed E-state index contributed by atoms with van der Waals surface area (Å²) >= 11 is 0. The molecule has 0 aromatic heterocycles. The zero-order chi connectivity index (χ0) is 21.8. The highest BCUT2D eigenvalue weighted by Crippen LogP contribution is 2.31. The van der Waals surface area contributed by atoms with Gasteiger partial charge < -0.3 is 19.7 Å². The van der Waals surface area contributed by atoms with Crippen molar-refractivity contribution in [2.24, 2.45) is 0 Å². The van der Waals surface area contributed by atoms with Gasteiger partial charge in [0.25, 0.3) is 5.91 Å². The Balaban J connectivity index is 1.27. The van der Waals surface area contributed by atoms with Gasteiger partial charge in [-0.15, -0.1) is 0 Å². The predicted octanol–water partition coefficient (Wildman–Crippen LogP) is 2.48. The Morgan fingerprint density at radius 1 is 1.03 bits per heavy atom. The van der Waals surface area contributed by atoms with E-state index in [2.05, 4.69) is 17.1 Å². The highest BCUT2D eigenvalue weighted by molar-refractivity contribution is 5.93. The molecule has 1 saturated heterocycles. The zero-order valence-electron chi connectivity index (χ0n) is 18.1. The van der Waals surface area contributed by atoms with Gasteiger partial charge in [-0.1, -0.05) is 37.3 Å². The first-order valence-electron chi connectivity index (χ1n) is 10.8. The van der Waals surface area contributed by atoms with Crippen molar-refractivity contribution in [3.05, 3.63) is 53.6 Å². The molecule has 2 aromatic carbocycles. The third kappa shape index (κ3) is 4.82. The minimum absolute atomic E-state index is 0.0237. The largest absolute Gasteiger partial charge is 0.485 e. The molecular weight excluding hydrogens is 394 g/mol. The third-order valence-electron chi connectivity index (χ3n) is 5.84. The maximum atomic E-state index is 12.9. The van der Waals surface area contributed by atoms with E-state index in [1.807, 2.05) is 49.4 Å². The highest BCUT2D eigenvalue weighted by Gasteiger charge is 2.32. The van der Waals surface area contributed by atoms with Crippen molar-refractivity contribution in [3.8, 4) is 11.5 Å². The Kier molecular flexibility index (Phi) is 6.42. The van der Waals surface area contributed by atoms with Crippen molar-refractivity contribution in [2.75, 3.05) is 44.6 Å². The van der Waals surface area contributed by atoms with Crippen LogP contribution in [0.25, 0.3) is 0 Å². The number of carbonyl (C=O) groups is 2. The third-order valence-corrected chi connectivity index (χ3v) is 5.84. The summed E-state index contributed by atoms with van der Waals surface area (Å²) in [5.74, 6) is 1.18. The lowest BCUT2D eigenvalue weighted by Crippen LogP contribution is -2.54. The number of piperazine rings is 1. The first-order chi connectivity index (χ1) is 15.0. The lowest BCUT2D eigenvalue weighted by atomic mass is 10.1. The maximum Gasteiger partial charge on any atom is 0.267 e. The van der Waals surface area contributed by atoms with E-state index in [0.29, 0.717) is 44.2 Å². The quantitative estimate of drug-likeness (QED) is 0.800. The molecule has 2 aliphatic heterocycles. The Morgan fingerprint density at radius 3 is 2.52 bits per heavy atom. The highest BCUT2D eigenvalue weighted by atomic mass is 16.6. The summed E-state index contributed by atoms with van der Waals surface area (Å²) in [5.41, 5.74) is 3.12. The first-order valence-corrected chi connectivity index (χ1v) is 10.8. The van der Waals surface area contributed by atoms with Crippen molar-refractivity contribution < 1.29 is 19.1 Å². The molecule has 0 radical (unpaired) electrons. The van der Waals surface area contributed by atoms with Crippen LogP contribution in [0.15, 0.2) is 42.5 Å². The second kappa shape index (κ2) is 9.39. The number of rotatable bonds is 5. The lowest BCUT2D eigenvalue weighted by molar-refractivity contribution is -0.143. The van der Waals surface area contributed by atoms with Crippen LogP contribution in [-0.4, -0.2) is 67.0 Å². The summed E-state index contributed by atoms with van der Waals surface area (Å²) in [6.45, 7) is 7.06. The molecule has 31 heavy (non-hydrogen) atoms. The van der Waals surface area contributed by atoms with Gasteiger partial charge in [-0.25, -0.2) is 0 Å². The van der Waals surface area contributed by atoms with Crippen LogP contribution >= 0.6 is 0 Å². The molecule has 2 heterocycles. The molecule has 2 amide bonds. The molecule has 2 aromatic rings. The number of hydrogen-bond acceptors (Lipinski definition) is 5. The summed E-state index contributed by atoms with van der Waals surface area (Å²) in [6, 6.07) is 13.4. The van der Waals surface area contributed by atoms with E-state index in [-0.39, 0.29) is 18.4 Å². The van der Waals surface area contributed by atoms with Crippen LogP contribution in [0.4, 0.5) is 5.69 Å². The molecule has 1 fully saturated rings. The van der Waals surface area contributed by atoms with Gasteiger partial charge in [-0.05, 0) is 36.6 Å². The molecule has 7 heteroatoms. The van der Waals surface area contributed by atoms with E-state index in [9.17, 15) is 9.59 Å². The van der Waals surface area contributed by atoms with Crippen LogP contribution < -0.4 is 14.8 Å². The van der Waals surface area contributed by atoms with E-state index >= 15 is 0 Å². The van der Waals surface area contributed by atoms with Gasteiger partial charge >= 0.3 is 0 Å². The number of hydrogen-bond donors (Lipinski definition) is 1. The van der Waals surface area contributed by atoms with Gasteiger partial charge in [0.2, 0.25) is 12.0 Å². The maximum absolute atomic E-state index is 12.9. The lowest BCUT2D eigenvalue weighted by Gasteiger charge is -2.36. The average Bonchev–Trinajstić information content (AvgIpc) is 2.80. The number of nitrogens with zero attached hydrogens (tertiary/aromatic N) is 2. The van der Waals surface area contributed by atoms with E-state index in [1.54, 1.807) is 4.90 Å². The molecule has 1 atom stereocenters. The van der Waals surface area contributed by atoms with Crippen LogP contribution in [0.2, 0.25) is 0 Å². The smallest absolute Gasteiger partial charge is 0.267 e. The van der Waals surface area contributed by atoms with Crippen molar-refractivity contribution in [1.82, 2.24) is 9.80 Å². The SMILES string of the molecule is CCc1cccc(C)c1NC(=O)CN1CCN(C(=O)[C@H]2COc3ccccc3O2)CC1. The monoisotopic (exact) mass is 423 g/mol. The number of nitrogens with one attached hydrogen (secondary N) is 1. The van der Waals surface area contributed by atoms with E-state index in [4.69, 9.17) is 9.47 Å². The van der Waals surface area contributed by atoms with Gasteiger partial charge in [-0.3, -0.25) is 14.5 Å². The van der Waals surface area contributed by atoms with Crippen molar-refractivity contribution in [2.45, 2.75) is 26.4 Å². The Labute approximate surface area is 182 Å². The minimum Gasteiger partial charge on any atom is -0.485 e. The molecule has 1 N–H and O–H groups in total. The number of carbonyl (C=O) groups excluding carboxylic acids is 2. The molecule has 7 nitrogen and oxygen atoms in total. The van der Waals surface area contributed by atoms with Crippen LogP contribution in [-0.2, 0) is 16.0 Å². The standard InChI is InChI=1S/C24H29N3O4/c1-3-18-8-6-7-17(2)23(18)25-22(28)15-26-11-13-27(14-12-26)24(29)21-16-30-19-9-4-5-10-20(19)31-21/h4-10,21H,3,11-16H2,1-2H3,(H,25,28)/t21-/m1/s1. The average molecular weight is 424 g/mol. The zero-order valence-corrected chi connectivity index (χ0v) is 18.1. The van der Waals surface area contributed by atoms with Crippen LogP contribution in [0.5, 0.6) is 11.5 Å². The van der Waals surface area contributed by atoms with Gasteiger partial charge in [0.05, 0.1) is 6.54 Å². The molecule has 164 valence electrons. The Morgan fingerprint density at radius 2 is 1.77 bits per heavy atom. The fourth-order valence-corrected chi connectivity index (χ4v) is 4.06. The molecule has 0 saturated carbocycles. The second-order valence-corrected chi connectivity index (χ2v) is 7.98. The second-order valence-electron chi connectivity index (χ2n) is 7.98. The van der Waals surface area contributed by atoms with Gasteiger partial charge in [-0.2, -0.15) is 0 Å². The molecule has 4 rings (SSSR count). The van der Waals surface area contributed by atoms with Crippen molar-refractivity contribution in [3.63, 3.8) is 0 Å². The number of anilines is 1. The summed E-state index contributed by atoms with van der Waals surface area (Å²) < 4.78 is 11.5. The summed E-state index contributed by atoms with van der Waals surface area (Å²) in [4.78, 5) is 29.4. The van der Waals surface area contributed by atoms with Crippen molar-refractivity contribution in [1.29, 1.82) is 0 Å². The van der Waals surface area contributed by atoms with E-state index in [0.717, 1.165) is 23.2 Å².